The highest BCUT2D eigenvalue weighted by Gasteiger charge is 2.51. The molecule has 1 aliphatic heterocycles. The number of aromatic nitrogens is 12. The molecule has 14 nitrogen and oxygen atoms in total. The first kappa shape index (κ1) is 66.8. The Bertz CT molecular complexity index is 4840. The maximum atomic E-state index is 6.04. The summed E-state index contributed by atoms with van der Waals surface area (Å²) in [5, 5.41) is 0. The van der Waals surface area contributed by atoms with Gasteiger partial charge in [-0.3, -0.25) is 0 Å². The van der Waals surface area contributed by atoms with Crippen LogP contribution in [0.2, 0.25) is 0 Å². The Labute approximate surface area is 593 Å². The van der Waals surface area contributed by atoms with Crippen molar-refractivity contribution in [2.45, 2.75) is 66.6 Å². The van der Waals surface area contributed by atoms with Crippen molar-refractivity contribution in [2.75, 3.05) is 0 Å². The summed E-state index contributed by atoms with van der Waals surface area (Å²) in [6.45, 7) is 16.5. The Balaban J connectivity index is 0.000000150. The van der Waals surface area contributed by atoms with E-state index in [2.05, 4.69) is 257 Å². The minimum absolute atomic E-state index is 0.321. The zero-order chi connectivity index (χ0) is 68.6. The number of aryl methyl sites for hydroxylation is 4. The van der Waals surface area contributed by atoms with Crippen LogP contribution in [0.3, 0.4) is 0 Å². The van der Waals surface area contributed by atoms with Gasteiger partial charge in [-0.1, -0.05) is 224 Å². The van der Waals surface area contributed by atoms with Gasteiger partial charge in [-0.15, -0.1) is 0 Å². The molecular formula is C82H67BBr2N12O2. The van der Waals surface area contributed by atoms with Gasteiger partial charge in [0, 0.05) is 96.2 Å². The molecule has 14 aromatic rings. The maximum Gasteiger partial charge on any atom is 0.494 e. The highest BCUT2D eigenvalue weighted by Crippen LogP contribution is 2.38. The zero-order valence-corrected chi connectivity index (χ0v) is 59.0. The highest BCUT2D eigenvalue weighted by atomic mass is 79.9. The zero-order valence-electron chi connectivity index (χ0n) is 55.8. The average molecular weight is 1420 g/mol. The second-order valence-corrected chi connectivity index (χ2v) is 26.9. The molecule has 6 heterocycles. The summed E-state index contributed by atoms with van der Waals surface area (Å²) in [5.74, 6) is 5.91. The number of rotatable bonds is 12. The first-order valence-electron chi connectivity index (χ1n) is 32.3. The molecule has 0 saturated carbocycles. The molecule has 0 atom stereocenters. The summed E-state index contributed by atoms with van der Waals surface area (Å²) in [4.78, 5) is 55.6. The fourth-order valence-corrected chi connectivity index (χ4v) is 12.1. The molecule has 5 aromatic heterocycles. The molecule has 0 radical (unpaired) electrons. The number of hydrogen-bond acceptors (Lipinski definition) is 14. The second-order valence-electron chi connectivity index (χ2n) is 25.1. The smallest absolute Gasteiger partial charge is 0.399 e. The monoisotopic (exact) mass is 1420 g/mol. The summed E-state index contributed by atoms with van der Waals surface area (Å²) in [5.41, 5.74) is 17.8. The molecule has 0 bridgehead atoms. The topological polar surface area (TPSA) is 173 Å². The van der Waals surface area contributed by atoms with E-state index in [9.17, 15) is 0 Å². The average Bonchev–Trinajstić information content (AvgIpc) is 1.73. The first-order chi connectivity index (χ1) is 47.9. The van der Waals surface area contributed by atoms with E-state index < -0.39 is 0 Å². The van der Waals surface area contributed by atoms with Crippen LogP contribution in [0.25, 0.3) is 125 Å². The minimum atomic E-state index is -0.333. The molecule has 99 heavy (non-hydrogen) atoms. The van der Waals surface area contributed by atoms with Crippen LogP contribution in [-0.2, 0) is 9.31 Å². The Hall–Kier alpha value is -10.8. The maximum absolute atomic E-state index is 6.04. The first-order valence-corrected chi connectivity index (χ1v) is 33.9. The van der Waals surface area contributed by atoms with Crippen LogP contribution in [0.5, 0.6) is 0 Å². The predicted molar refractivity (Wildman–Crippen MR) is 403 cm³/mol. The molecule has 0 amide bonds. The molecule has 9 aromatic carbocycles. The number of nitrogens with zero attached hydrogens (tertiary/aromatic N) is 12. The summed E-state index contributed by atoms with van der Waals surface area (Å²) < 4.78 is 14.0. The quantitative estimate of drug-likeness (QED) is 0.106. The fraction of sp³-hybridized carbons (Fsp3) is 0.122. The van der Waals surface area contributed by atoms with E-state index in [4.69, 9.17) is 39.2 Å². The predicted octanol–water partition coefficient (Wildman–Crippen LogP) is 19.2. The summed E-state index contributed by atoms with van der Waals surface area (Å²) >= 11 is 7.10. The van der Waals surface area contributed by atoms with E-state index in [1.54, 1.807) is 37.2 Å². The molecule has 0 aliphatic carbocycles. The SMILES string of the molecule is CC1(C)OB(c2ccc(-c3ncccn3)cc2)OC1(C)C.Cc1ccc(-c2nc(-c3ccc(C)cc3)nc(-c3cc(-c4ccc(-c5ncccn5)cc4)cc(-c4ccc(-c5ncccn5)cc4)c3)n2)cc1.Cc1ccc(-c2nc(-c3ccc(C)cc3)nc(-c3cc(Br)cc(Br)c3)n2)cc1. The molecule has 0 N–H and O–H groups in total. The third-order valence-electron chi connectivity index (χ3n) is 17.2. The van der Waals surface area contributed by atoms with E-state index in [0.717, 1.165) is 92.6 Å². The standard InChI is InChI=1S/C43H31N7.C23H17Br2N3.C16H19BN2O2/c1-28-5-9-34(10-6-28)41-48-42(35-11-7-29(2)8-12-35)50-43(49-41)38-26-36(30-13-17-32(18-14-30)39-44-21-3-22-45-39)25-37(27-38)31-15-19-33(20-16-31)40-46-23-4-24-47-40;1-14-3-7-16(8-4-14)21-26-22(17-9-5-15(2)6-10-17)28-23(27-21)18-11-19(24)13-20(25)12-18;1-15(2)16(3,4)21-17(20-15)13-8-6-12(7-9-13)14-18-10-5-11-19-14/h3-27H,1-2H3;3-13H,1-2H3;5-11H,1-4H3. The van der Waals surface area contributed by atoms with Crippen LogP contribution < -0.4 is 5.46 Å². The third-order valence-corrected chi connectivity index (χ3v) is 18.1. The van der Waals surface area contributed by atoms with Gasteiger partial charge < -0.3 is 9.31 Å². The Morgan fingerprint density at radius 2 is 0.475 bits per heavy atom. The molecule has 17 heteroatoms. The Kier molecular flexibility index (Phi) is 19.9. The van der Waals surface area contributed by atoms with Gasteiger partial charge in [0.25, 0.3) is 0 Å². The number of benzene rings is 9. The summed E-state index contributed by atoms with van der Waals surface area (Å²) in [7, 11) is -0.333. The van der Waals surface area contributed by atoms with Crippen molar-refractivity contribution in [3.63, 3.8) is 0 Å². The molecule has 0 spiro atoms. The summed E-state index contributed by atoms with van der Waals surface area (Å²) in [6.07, 6.45) is 10.5. The van der Waals surface area contributed by atoms with Crippen LogP contribution in [0.4, 0.5) is 0 Å². The molecule has 1 fully saturated rings. The summed E-state index contributed by atoms with van der Waals surface area (Å²) in [6, 6.07) is 75.6. The lowest BCUT2D eigenvalue weighted by atomic mass is 9.79. The Morgan fingerprint density at radius 1 is 0.253 bits per heavy atom. The van der Waals surface area contributed by atoms with E-state index in [1.807, 2.05) is 84.9 Å². The van der Waals surface area contributed by atoms with Gasteiger partial charge in [0.15, 0.2) is 52.4 Å². The van der Waals surface area contributed by atoms with Gasteiger partial charge in [0.1, 0.15) is 0 Å². The lowest BCUT2D eigenvalue weighted by molar-refractivity contribution is 0.00578. The van der Waals surface area contributed by atoms with Gasteiger partial charge in [-0.05, 0) is 138 Å². The second kappa shape index (κ2) is 29.5. The number of halogens is 2. The lowest BCUT2D eigenvalue weighted by Gasteiger charge is -2.32. The molecule has 484 valence electrons. The van der Waals surface area contributed by atoms with Gasteiger partial charge in [-0.2, -0.15) is 0 Å². The van der Waals surface area contributed by atoms with E-state index in [1.165, 1.54) is 22.3 Å². The van der Waals surface area contributed by atoms with Crippen LogP contribution in [0.1, 0.15) is 49.9 Å². The van der Waals surface area contributed by atoms with E-state index in [0.29, 0.717) is 46.6 Å². The van der Waals surface area contributed by atoms with Crippen LogP contribution >= 0.6 is 31.9 Å². The van der Waals surface area contributed by atoms with Crippen molar-refractivity contribution in [2.24, 2.45) is 0 Å². The normalized spacial score (nSPS) is 12.8. The number of hydrogen-bond donors (Lipinski definition) is 0. The van der Waals surface area contributed by atoms with Crippen LogP contribution in [0, 0.1) is 27.7 Å². The lowest BCUT2D eigenvalue weighted by Crippen LogP contribution is -2.41. The molecule has 15 rings (SSSR count). The minimum Gasteiger partial charge on any atom is -0.399 e. The Morgan fingerprint density at radius 3 is 0.768 bits per heavy atom. The fourth-order valence-electron chi connectivity index (χ4n) is 10.8. The van der Waals surface area contributed by atoms with Crippen molar-refractivity contribution in [1.29, 1.82) is 0 Å². The van der Waals surface area contributed by atoms with Crippen molar-refractivity contribution < 1.29 is 9.31 Å². The molecular weight excluding hydrogens is 1360 g/mol. The van der Waals surface area contributed by atoms with E-state index >= 15 is 0 Å². The third kappa shape index (κ3) is 16.1. The van der Waals surface area contributed by atoms with Crippen molar-refractivity contribution in [1.82, 2.24) is 59.8 Å². The largest absolute Gasteiger partial charge is 0.494 e. The van der Waals surface area contributed by atoms with E-state index in [-0.39, 0.29) is 18.3 Å². The van der Waals surface area contributed by atoms with Crippen molar-refractivity contribution in [3.8, 4) is 125 Å². The molecule has 1 aliphatic rings. The molecule has 1 saturated heterocycles. The van der Waals surface area contributed by atoms with Crippen molar-refractivity contribution in [3.05, 3.63) is 293 Å². The van der Waals surface area contributed by atoms with Crippen LogP contribution in [0.15, 0.2) is 271 Å². The van der Waals surface area contributed by atoms with Gasteiger partial charge >= 0.3 is 7.12 Å². The van der Waals surface area contributed by atoms with Crippen LogP contribution in [-0.4, -0.2) is 78.1 Å². The van der Waals surface area contributed by atoms with Gasteiger partial charge in [-0.25, -0.2) is 59.8 Å². The highest BCUT2D eigenvalue weighted by molar-refractivity contribution is 9.11. The molecule has 0 unspecified atom stereocenters. The van der Waals surface area contributed by atoms with Crippen molar-refractivity contribution >= 4 is 44.4 Å². The van der Waals surface area contributed by atoms with Gasteiger partial charge in [0.05, 0.1) is 11.2 Å². The van der Waals surface area contributed by atoms with Gasteiger partial charge in [0.2, 0.25) is 0 Å².